The molecule has 2 aliphatic rings. The molecule has 2 aliphatic heterocycles. The van der Waals surface area contributed by atoms with Crippen LogP contribution >= 0.6 is 0 Å². The third-order valence-corrected chi connectivity index (χ3v) is 7.30. The molecule has 8 heteroatoms. The third-order valence-electron chi connectivity index (χ3n) is 7.30. The lowest BCUT2D eigenvalue weighted by molar-refractivity contribution is 0.0822. The quantitative estimate of drug-likeness (QED) is 0.608. The summed E-state index contributed by atoms with van der Waals surface area (Å²) in [6, 6.07) is 14.9. The van der Waals surface area contributed by atoms with E-state index >= 15 is 0 Å². The van der Waals surface area contributed by atoms with Gasteiger partial charge in [0.2, 0.25) is 0 Å². The van der Waals surface area contributed by atoms with Crippen molar-refractivity contribution in [2.75, 3.05) is 62.9 Å². The minimum absolute atomic E-state index is 0.0952. The van der Waals surface area contributed by atoms with E-state index in [2.05, 4.69) is 57.9 Å². The van der Waals surface area contributed by atoms with Crippen molar-refractivity contribution >= 4 is 23.2 Å². The maximum Gasteiger partial charge on any atom is 0.271 e. The van der Waals surface area contributed by atoms with Crippen molar-refractivity contribution < 1.29 is 4.79 Å². The smallest absolute Gasteiger partial charge is 0.271 e. The summed E-state index contributed by atoms with van der Waals surface area (Å²) >= 11 is 0. The van der Waals surface area contributed by atoms with E-state index in [0.29, 0.717) is 17.6 Å². The molecule has 1 amide bonds. The van der Waals surface area contributed by atoms with Gasteiger partial charge in [0.1, 0.15) is 17.3 Å². The van der Waals surface area contributed by atoms with Gasteiger partial charge in [-0.3, -0.25) is 9.78 Å². The second kappa shape index (κ2) is 9.78. The lowest BCUT2D eigenvalue weighted by atomic mass is 9.91. The zero-order valence-corrected chi connectivity index (χ0v) is 21.6. The number of nitrogens with two attached hydrogens (primary N) is 1. The van der Waals surface area contributed by atoms with Crippen molar-refractivity contribution in [1.29, 1.82) is 0 Å². The van der Waals surface area contributed by atoms with Gasteiger partial charge in [-0.2, -0.15) is 0 Å². The van der Waals surface area contributed by atoms with E-state index in [1.807, 2.05) is 12.1 Å². The molecule has 1 atom stereocenters. The molecule has 8 nitrogen and oxygen atoms in total. The number of aromatic nitrogens is 2. The zero-order valence-electron chi connectivity index (χ0n) is 21.6. The first-order valence-corrected chi connectivity index (χ1v) is 12.6. The van der Waals surface area contributed by atoms with Crippen molar-refractivity contribution in [2.24, 2.45) is 0 Å². The summed E-state index contributed by atoms with van der Waals surface area (Å²) in [5, 5.41) is 0. The van der Waals surface area contributed by atoms with Gasteiger partial charge in [0.25, 0.3) is 5.91 Å². The summed E-state index contributed by atoms with van der Waals surface area (Å²) in [6.07, 6.45) is 2.73. The van der Waals surface area contributed by atoms with Gasteiger partial charge in [0.05, 0.1) is 0 Å². The van der Waals surface area contributed by atoms with Crippen LogP contribution in [0.3, 0.4) is 0 Å². The number of carbonyl (C=O) groups excluding carboxylic acids is 1. The topological polar surface area (TPSA) is 81.8 Å². The molecule has 1 saturated heterocycles. The number of piperazine rings is 1. The van der Waals surface area contributed by atoms with Crippen molar-refractivity contribution in [1.82, 2.24) is 19.8 Å². The van der Waals surface area contributed by atoms with E-state index in [0.717, 1.165) is 61.8 Å². The number of carbonyl (C=O) groups is 1. The van der Waals surface area contributed by atoms with Crippen molar-refractivity contribution in [3.05, 3.63) is 65.5 Å². The minimum Gasteiger partial charge on any atom is -0.384 e. The Balaban J connectivity index is 1.40. The Labute approximate surface area is 213 Å². The van der Waals surface area contributed by atoms with Crippen LogP contribution in [0.1, 0.15) is 28.5 Å². The van der Waals surface area contributed by atoms with Crippen LogP contribution in [-0.2, 0) is 13.0 Å². The normalized spacial score (nSPS) is 18.2. The number of pyridine rings is 2. The van der Waals surface area contributed by atoms with Crippen LogP contribution in [0.25, 0.3) is 11.1 Å². The molecule has 36 heavy (non-hydrogen) atoms. The van der Waals surface area contributed by atoms with Gasteiger partial charge in [-0.25, -0.2) is 4.98 Å². The third kappa shape index (κ3) is 4.86. The first kappa shape index (κ1) is 24.1. The largest absolute Gasteiger partial charge is 0.384 e. The number of rotatable bonds is 4. The second-order valence-corrected chi connectivity index (χ2v) is 10.2. The average molecular weight is 486 g/mol. The van der Waals surface area contributed by atoms with Crippen LogP contribution < -0.4 is 15.5 Å². The van der Waals surface area contributed by atoms with E-state index in [1.54, 1.807) is 26.4 Å². The molecule has 1 fully saturated rings. The fourth-order valence-corrected chi connectivity index (χ4v) is 5.06. The number of amides is 1. The number of nitrogen functional groups attached to an aromatic ring is 1. The first-order valence-electron chi connectivity index (χ1n) is 12.6. The molecule has 0 radical (unpaired) electrons. The Bertz CT molecular complexity index is 1250. The number of nitrogens with zero attached hydrogens (tertiary/aromatic N) is 6. The van der Waals surface area contributed by atoms with Crippen molar-refractivity contribution in [2.45, 2.75) is 25.9 Å². The molecule has 1 unspecified atom stereocenters. The van der Waals surface area contributed by atoms with Gasteiger partial charge >= 0.3 is 0 Å². The molecule has 0 bridgehead atoms. The molecule has 3 aromatic rings. The number of fused-ring (bicyclic) bond motifs is 1. The average Bonchev–Trinajstić information content (AvgIpc) is 2.87. The van der Waals surface area contributed by atoms with Gasteiger partial charge in [-0.05, 0) is 49.2 Å². The Morgan fingerprint density at radius 3 is 2.44 bits per heavy atom. The number of hydrogen-bond acceptors (Lipinski definition) is 7. The van der Waals surface area contributed by atoms with E-state index in [9.17, 15) is 4.79 Å². The van der Waals surface area contributed by atoms with E-state index < -0.39 is 0 Å². The zero-order chi connectivity index (χ0) is 25.4. The van der Waals surface area contributed by atoms with Gasteiger partial charge in [0, 0.05) is 82.4 Å². The monoisotopic (exact) mass is 485 g/mol. The van der Waals surface area contributed by atoms with Gasteiger partial charge < -0.3 is 25.3 Å². The Morgan fingerprint density at radius 2 is 1.75 bits per heavy atom. The van der Waals surface area contributed by atoms with Crippen LogP contribution in [0, 0.1) is 0 Å². The Morgan fingerprint density at radius 1 is 1.00 bits per heavy atom. The fourth-order valence-electron chi connectivity index (χ4n) is 5.06. The molecular weight excluding hydrogens is 450 g/mol. The van der Waals surface area contributed by atoms with Gasteiger partial charge in [-0.1, -0.05) is 18.2 Å². The highest BCUT2D eigenvalue weighted by Gasteiger charge is 2.26. The maximum absolute atomic E-state index is 12.2. The standard InChI is InChI=1S/C28H35N7O/c1-19-13-20-5-6-21(22-7-8-25(30-17-22)28(36)32(2)3)14-23(20)18-35(19)27-16-24(15-26(29)31-27)34-11-9-33(4)10-12-34/h5-8,14-17,19H,9-13,18H2,1-4H3,(H2,29,31). The van der Waals surface area contributed by atoms with E-state index in [-0.39, 0.29) is 5.91 Å². The summed E-state index contributed by atoms with van der Waals surface area (Å²) in [7, 11) is 5.63. The lowest BCUT2D eigenvalue weighted by Gasteiger charge is -2.38. The second-order valence-electron chi connectivity index (χ2n) is 10.2. The van der Waals surface area contributed by atoms with Crippen LogP contribution in [0.4, 0.5) is 17.3 Å². The molecule has 1 aromatic carbocycles. The van der Waals surface area contributed by atoms with Crippen LogP contribution in [0.5, 0.6) is 0 Å². The summed E-state index contributed by atoms with van der Waals surface area (Å²) in [5.41, 5.74) is 12.6. The van der Waals surface area contributed by atoms with Gasteiger partial charge in [-0.15, -0.1) is 0 Å². The predicted octanol–water partition coefficient (Wildman–Crippen LogP) is 3.13. The first-order chi connectivity index (χ1) is 17.3. The molecule has 0 spiro atoms. The summed E-state index contributed by atoms with van der Waals surface area (Å²) in [4.78, 5) is 30.0. The van der Waals surface area contributed by atoms with Gasteiger partial charge in [0.15, 0.2) is 0 Å². The summed E-state index contributed by atoms with van der Waals surface area (Å²) < 4.78 is 0. The van der Waals surface area contributed by atoms with E-state index in [1.165, 1.54) is 16.0 Å². The Hall–Kier alpha value is -3.65. The summed E-state index contributed by atoms with van der Waals surface area (Å²) in [6.45, 7) is 7.11. The molecular formula is C28H35N7O. The highest BCUT2D eigenvalue weighted by atomic mass is 16.2. The summed E-state index contributed by atoms with van der Waals surface area (Å²) in [5.74, 6) is 1.40. The molecule has 2 aromatic heterocycles. The number of likely N-dealkylation sites (N-methyl/N-ethyl adjacent to an activating group) is 1. The highest BCUT2D eigenvalue weighted by molar-refractivity contribution is 5.92. The molecule has 0 aliphatic carbocycles. The van der Waals surface area contributed by atoms with Crippen LogP contribution in [0.2, 0.25) is 0 Å². The SMILES string of the molecule is CC1Cc2ccc(-c3ccc(C(=O)N(C)C)nc3)cc2CN1c1cc(N2CCN(C)CC2)cc(N)n1. The maximum atomic E-state index is 12.2. The Kier molecular flexibility index (Phi) is 6.53. The molecule has 0 saturated carbocycles. The number of anilines is 3. The van der Waals surface area contributed by atoms with Crippen molar-refractivity contribution in [3.8, 4) is 11.1 Å². The van der Waals surface area contributed by atoms with E-state index in [4.69, 9.17) is 10.7 Å². The molecule has 188 valence electrons. The molecule has 5 rings (SSSR count). The lowest BCUT2D eigenvalue weighted by Crippen LogP contribution is -2.44. The molecule has 4 heterocycles. The van der Waals surface area contributed by atoms with Crippen LogP contribution in [-0.4, -0.2) is 79.0 Å². The fraction of sp³-hybridized carbons (Fsp3) is 0.393. The van der Waals surface area contributed by atoms with Crippen LogP contribution in [0.15, 0.2) is 48.7 Å². The minimum atomic E-state index is -0.0952. The van der Waals surface area contributed by atoms with Crippen molar-refractivity contribution in [3.63, 3.8) is 0 Å². The number of benzene rings is 1. The predicted molar refractivity (Wildman–Crippen MR) is 145 cm³/mol. The molecule has 2 N–H and O–H groups in total. The number of hydrogen-bond donors (Lipinski definition) is 1. The highest BCUT2D eigenvalue weighted by Crippen LogP contribution is 2.33.